The third kappa shape index (κ3) is 3.51. The van der Waals surface area contributed by atoms with Gasteiger partial charge in [0.05, 0.1) is 32.2 Å². The molecule has 0 aromatic carbocycles. The van der Waals surface area contributed by atoms with Gasteiger partial charge in [-0.25, -0.2) is 0 Å². The van der Waals surface area contributed by atoms with E-state index in [0.717, 1.165) is 0 Å². The van der Waals surface area contributed by atoms with Crippen LogP contribution in [0.5, 0.6) is 0 Å². The van der Waals surface area contributed by atoms with Gasteiger partial charge in [-0.3, -0.25) is 9.59 Å². The number of esters is 2. The van der Waals surface area contributed by atoms with Crippen molar-refractivity contribution >= 4 is 11.9 Å². The zero-order valence-corrected chi connectivity index (χ0v) is 9.77. The highest BCUT2D eigenvalue weighted by Crippen LogP contribution is 2.18. The lowest BCUT2D eigenvalue weighted by Crippen LogP contribution is -2.37. The number of carbonyl (C=O) groups is 2. The minimum absolute atomic E-state index is 0.405. The summed E-state index contributed by atoms with van der Waals surface area (Å²) in [7, 11) is 4.05. The Morgan fingerprint density at radius 3 is 1.40 bits per heavy atom. The minimum Gasteiger partial charge on any atom is -0.469 e. The van der Waals surface area contributed by atoms with E-state index in [1.807, 2.05) is 0 Å². The van der Waals surface area contributed by atoms with Crippen molar-refractivity contribution in [2.75, 3.05) is 21.3 Å². The van der Waals surface area contributed by atoms with E-state index in [9.17, 15) is 9.59 Å². The highest BCUT2D eigenvalue weighted by Gasteiger charge is 2.33. The molecule has 0 amide bonds. The molecule has 0 radical (unpaired) electrons. The molecule has 0 heterocycles. The van der Waals surface area contributed by atoms with Crippen LogP contribution in [0.2, 0.25) is 0 Å². The van der Waals surface area contributed by atoms with E-state index in [-0.39, 0.29) is 0 Å². The number of carbonyl (C=O) groups excluding carboxylic acids is 2. The summed E-state index contributed by atoms with van der Waals surface area (Å²) in [5.74, 6) is -1.82. The molecule has 0 rings (SSSR count). The normalized spacial score (nSPS) is 16.3. The monoisotopic (exact) mass is 218 g/mol. The maximum atomic E-state index is 11.3. The second-order valence-electron chi connectivity index (χ2n) is 3.32. The van der Waals surface area contributed by atoms with Gasteiger partial charge in [0.25, 0.3) is 0 Å². The summed E-state index contributed by atoms with van der Waals surface area (Å²) in [6.07, 6.45) is -0.537. The molecule has 0 bridgehead atoms. The van der Waals surface area contributed by atoms with Crippen molar-refractivity contribution in [1.82, 2.24) is 0 Å². The molecule has 0 N–H and O–H groups in total. The highest BCUT2D eigenvalue weighted by molar-refractivity contribution is 5.76. The summed E-state index contributed by atoms with van der Waals surface area (Å²) < 4.78 is 14.3. The van der Waals surface area contributed by atoms with Crippen molar-refractivity contribution in [2.45, 2.75) is 20.0 Å². The molecule has 15 heavy (non-hydrogen) atoms. The van der Waals surface area contributed by atoms with Gasteiger partial charge in [-0.05, 0) is 13.8 Å². The van der Waals surface area contributed by atoms with Crippen molar-refractivity contribution in [3.05, 3.63) is 0 Å². The summed E-state index contributed by atoms with van der Waals surface area (Å²) in [5, 5.41) is 0. The second-order valence-corrected chi connectivity index (χ2v) is 3.32. The zero-order chi connectivity index (χ0) is 12.0. The SMILES string of the molecule is COC(=O)C(C)C(OC)C(C)C(=O)OC. The Balaban J connectivity index is 4.60. The Bertz CT molecular complexity index is 204. The fourth-order valence-electron chi connectivity index (χ4n) is 1.48. The molecule has 2 atom stereocenters. The van der Waals surface area contributed by atoms with Crippen molar-refractivity contribution in [2.24, 2.45) is 11.8 Å². The largest absolute Gasteiger partial charge is 0.469 e. The highest BCUT2D eigenvalue weighted by atomic mass is 16.5. The van der Waals surface area contributed by atoms with Crippen LogP contribution in [0.1, 0.15) is 13.8 Å². The van der Waals surface area contributed by atoms with E-state index in [0.29, 0.717) is 0 Å². The zero-order valence-electron chi connectivity index (χ0n) is 9.77. The lowest BCUT2D eigenvalue weighted by atomic mass is 9.93. The molecule has 0 aliphatic rings. The molecule has 88 valence electrons. The Labute approximate surface area is 89.7 Å². The first kappa shape index (κ1) is 13.9. The van der Waals surface area contributed by atoms with Gasteiger partial charge in [0.2, 0.25) is 0 Å². The van der Waals surface area contributed by atoms with Crippen molar-refractivity contribution in [1.29, 1.82) is 0 Å². The van der Waals surface area contributed by atoms with Gasteiger partial charge in [-0.15, -0.1) is 0 Å². The second kappa shape index (κ2) is 6.40. The van der Waals surface area contributed by atoms with Crippen LogP contribution in [0.4, 0.5) is 0 Å². The maximum Gasteiger partial charge on any atom is 0.311 e. The molecule has 5 heteroatoms. The van der Waals surface area contributed by atoms with Crippen molar-refractivity contribution in [3.63, 3.8) is 0 Å². The third-order valence-electron chi connectivity index (χ3n) is 2.40. The Morgan fingerprint density at radius 1 is 0.867 bits per heavy atom. The maximum absolute atomic E-state index is 11.3. The van der Waals surface area contributed by atoms with Crippen LogP contribution in [0.25, 0.3) is 0 Å². The van der Waals surface area contributed by atoms with Crippen LogP contribution in [-0.2, 0) is 23.8 Å². The topological polar surface area (TPSA) is 61.8 Å². The van der Waals surface area contributed by atoms with Gasteiger partial charge in [0.15, 0.2) is 0 Å². The Morgan fingerprint density at radius 2 is 1.20 bits per heavy atom. The van der Waals surface area contributed by atoms with Gasteiger partial charge in [-0.2, -0.15) is 0 Å². The van der Waals surface area contributed by atoms with E-state index in [1.54, 1.807) is 13.8 Å². The van der Waals surface area contributed by atoms with Crippen LogP contribution >= 0.6 is 0 Å². The van der Waals surface area contributed by atoms with Crippen LogP contribution in [0.15, 0.2) is 0 Å². The molecule has 0 spiro atoms. The molecule has 5 nitrogen and oxygen atoms in total. The molecule has 0 aliphatic carbocycles. The molecule has 0 fully saturated rings. The smallest absolute Gasteiger partial charge is 0.311 e. The van der Waals surface area contributed by atoms with E-state index < -0.39 is 29.9 Å². The minimum atomic E-state index is -0.537. The van der Waals surface area contributed by atoms with Crippen molar-refractivity contribution in [3.8, 4) is 0 Å². The molecule has 0 saturated heterocycles. The lowest BCUT2D eigenvalue weighted by Gasteiger charge is -2.24. The number of methoxy groups -OCH3 is 3. The molecular formula is C10H18O5. The lowest BCUT2D eigenvalue weighted by molar-refractivity contribution is -0.158. The van der Waals surface area contributed by atoms with E-state index in [1.165, 1.54) is 21.3 Å². The van der Waals surface area contributed by atoms with Crippen LogP contribution in [-0.4, -0.2) is 39.4 Å². The van der Waals surface area contributed by atoms with Gasteiger partial charge >= 0.3 is 11.9 Å². The number of hydrogen-bond donors (Lipinski definition) is 0. The Kier molecular flexibility index (Phi) is 5.93. The first-order valence-electron chi connectivity index (χ1n) is 4.68. The molecule has 0 saturated carbocycles. The quantitative estimate of drug-likeness (QED) is 0.633. The van der Waals surface area contributed by atoms with Crippen LogP contribution < -0.4 is 0 Å². The Hall–Kier alpha value is -1.10. The first-order valence-corrected chi connectivity index (χ1v) is 4.68. The standard InChI is InChI=1S/C10H18O5/c1-6(9(11)14-4)8(13-3)7(2)10(12)15-5/h6-8H,1-5H3. The molecular weight excluding hydrogens is 200 g/mol. The van der Waals surface area contributed by atoms with Gasteiger partial charge in [0, 0.05) is 7.11 Å². The third-order valence-corrected chi connectivity index (χ3v) is 2.40. The number of rotatable bonds is 5. The summed E-state index contributed by atoms with van der Waals surface area (Å²) in [4.78, 5) is 22.5. The first-order chi connectivity index (χ1) is 6.99. The van der Waals surface area contributed by atoms with E-state index in [4.69, 9.17) is 4.74 Å². The average Bonchev–Trinajstić information content (AvgIpc) is 2.27. The number of hydrogen-bond acceptors (Lipinski definition) is 5. The van der Waals surface area contributed by atoms with Gasteiger partial charge in [-0.1, -0.05) is 0 Å². The summed E-state index contributed by atoms with van der Waals surface area (Å²) in [5.41, 5.74) is 0. The summed E-state index contributed by atoms with van der Waals surface area (Å²) in [6, 6.07) is 0. The predicted octanol–water partition coefficient (Wildman–Crippen LogP) is 0.620. The molecule has 0 aromatic rings. The summed E-state index contributed by atoms with van der Waals surface area (Å²) >= 11 is 0. The van der Waals surface area contributed by atoms with Gasteiger partial charge in [0.1, 0.15) is 0 Å². The summed E-state index contributed by atoms with van der Waals surface area (Å²) in [6.45, 7) is 3.30. The molecule has 0 aromatic heterocycles. The average molecular weight is 218 g/mol. The molecule has 0 aliphatic heterocycles. The van der Waals surface area contributed by atoms with Gasteiger partial charge < -0.3 is 14.2 Å². The fraction of sp³-hybridized carbons (Fsp3) is 0.800. The van der Waals surface area contributed by atoms with Crippen molar-refractivity contribution < 1.29 is 23.8 Å². The van der Waals surface area contributed by atoms with Crippen LogP contribution in [0.3, 0.4) is 0 Å². The molecule has 2 unspecified atom stereocenters. The predicted molar refractivity (Wildman–Crippen MR) is 53.2 cm³/mol. The van der Waals surface area contributed by atoms with E-state index >= 15 is 0 Å². The van der Waals surface area contributed by atoms with E-state index in [2.05, 4.69) is 9.47 Å². The number of ether oxygens (including phenoxy) is 3. The van der Waals surface area contributed by atoms with Crippen LogP contribution in [0, 0.1) is 11.8 Å². The fourth-order valence-corrected chi connectivity index (χ4v) is 1.48.